The number of benzene rings is 1. The maximum atomic E-state index is 12.7. The van der Waals surface area contributed by atoms with Gasteiger partial charge < -0.3 is 0 Å². The predicted octanol–water partition coefficient (Wildman–Crippen LogP) is 4.77. The van der Waals surface area contributed by atoms with Crippen molar-refractivity contribution in [3.8, 4) is 0 Å². The van der Waals surface area contributed by atoms with E-state index >= 15 is 0 Å². The summed E-state index contributed by atoms with van der Waals surface area (Å²) in [5.74, 6) is 0. The zero-order valence-electron chi connectivity index (χ0n) is 11.1. The Morgan fingerprint density at radius 2 is 2.00 bits per heavy atom. The third-order valence-electron chi connectivity index (χ3n) is 2.91. The number of hydrogen-bond donors (Lipinski definition) is 0. The van der Waals surface area contributed by atoms with Crippen LogP contribution in [-0.4, -0.2) is 14.9 Å². The Morgan fingerprint density at radius 3 is 2.70 bits per heavy atom. The normalized spacial score (nSPS) is 11.8. The number of hydrogen-bond acceptors (Lipinski definition) is 6. The van der Waals surface area contributed by atoms with Crippen molar-refractivity contribution in [2.24, 2.45) is 0 Å². The van der Waals surface area contributed by atoms with Crippen LogP contribution in [0.25, 0.3) is 10.2 Å². The van der Waals surface area contributed by atoms with Crippen LogP contribution in [0.2, 0.25) is 0 Å². The van der Waals surface area contributed by atoms with E-state index in [2.05, 4.69) is 9.97 Å². The molecule has 3 rings (SSSR count). The average Bonchev–Trinajstić information content (AvgIpc) is 2.95. The highest BCUT2D eigenvalue weighted by atomic mass is 32.2. The Kier molecular flexibility index (Phi) is 3.94. The van der Waals surface area contributed by atoms with E-state index in [4.69, 9.17) is 0 Å². The molecular formula is C13H6F3N3O2S2. The third-order valence-corrected chi connectivity index (χ3v) is 4.82. The highest BCUT2D eigenvalue weighted by Gasteiger charge is 2.33. The van der Waals surface area contributed by atoms with E-state index in [0.717, 1.165) is 23.9 Å². The van der Waals surface area contributed by atoms with Crippen molar-refractivity contribution in [3.63, 3.8) is 0 Å². The van der Waals surface area contributed by atoms with Crippen molar-refractivity contribution in [2.75, 3.05) is 0 Å². The van der Waals surface area contributed by atoms with E-state index in [1.54, 1.807) is 11.4 Å². The molecule has 0 bridgehead atoms. The first-order valence-electron chi connectivity index (χ1n) is 6.08. The molecular weight excluding hydrogens is 351 g/mol. The minimum Gasteiger partial charge on any atom is -0.258 e. The lowest BCUT2D eigenvalue weighted by molar-refractivity contribution is -0.388. The molecule has 0 spiro atoms. The number of halogens is 3. The van der Waals surface area contributed by atoms with E-state index < -0.39 is 22.4 Å². The molecule has 0 aliphatic rings. The molecule has 0 aliphatic carbocycles. The van der Waals surface area contributed by atoms with Crippen molar-refractivity contribution < 1.29 is 18.1 Å². The molecule has 118 valence electrons. The van der Waals surface area contributed by atoms with Crippen LogP contribution in [0.5, 0.6) is 0 Å². The van der Waals surface area contributed by atoms with Crippen molar-refractivity contribution in [1.82, 2.24) is 9.97 Å². The second-order valence-electron chi connectivity index (χ2n) is 4.36. The van der Waals surface area contributed by atoms with E-state index in [1.807, 2.05) is 0 Å². The summed E-state index contributed by atoms with van der Waals surface area (Å²) in [4.78, 5) is 19.2. The SMILES string of the molecule is O=[N+]([O-])c1cc(C(F)(F)F)ccc1Sc1ncnc2sccc12. The summed E-state index contributed by atoms with van der Waals surface area (Å²) in [5, 5.41) is 14.1. The highest BCUT2D eigenvalue weighted by Crippen LogP contribution is 2.40. The van der Waals surface area contributed by atoms with Gasteiger partial charge in [-0.3, -0.25) is 10.1 Å². The van der Waals surface area contributed by atoms with Gasteiger partial charge in [0.05, 0.1) is 15.4 Å². The summed E-state index contributed by atoms with van der Waals surface area (Å²) in [7, 11) is 0. The van der Waals surface area contributed by atoms with Gasteiger partial charge in [0.1, 0.15) is 16.2 Å². The number of nitro groups is 1. The summed E-state index contributed by atoms with van der Waals surface area (Å²) in [6, 6.07) is 4.21. The molecule has 0 N–H and O–H groups in total. The molecule has 0 fully saturated rings. The van der Waals surface area contributed by atoms with Gasteiger partial charge in [-0.2, -0.15) is 13.2 Å². The average molecular weight is 357 g/mol. The zero-order valence-corrected chi connectivity index (χ0v) is 12.7. The van der Waals surface area contributed by atoms with Gasteiger partial charge in [0, 0.05) is 11.5 Å². The van der Waals surface area contributed by atoms with Crippen LogP contribution in [0.4, 0.5) is 18.9 Å². The molecule has 0 aliphatic heterocycles. The molecule has 10 heteroatoms. The summed E-state index contributed by atoms with van der Waals surface area (Å²) in [6.45, 7) is 0. The molecule has 2 aromatic heterocycles. The zero-order chi connectivity index (χ0) is 16.6. The predicted molar refractivity (Wildman–Crippen MR) is 79.6 cm³/mol. The third kappa shape index (κ3) is 3.13. The van der Waals surface area contributed by atoms with Crippen LogP contribution < -0.4 is 0 Å². The molecule has 0 radical (unpaired) electrons. The summed E-state index contributed by atoms with van der Waals surface area (Å²) < 4.78 is 38.1. The molecule has 0 saturated heterocycles. The van der Waals surface area contributed by atoms with Crippen molar-refractivity contribution in [1.29, 1.82) is 0 Å². The largest absolute Gasteiger partial charge is 0.416 e. The summed E-state index contributed by atoms with van der Waals surface area (Å²) in [5.41, 5.74) is -1.66. The van der Waals surface area contributed by atoms with Crippen LogP contribution in [-0.2, 0) is 6.18 Å². The number of rotatable bonds is 3. The first-order valence-corrected chi connectivity index (χ1v) is 7.77. The lowest BCUT2D eigenvalue weighted by atomic mass is 10.2. The van der Waals surface area contributed by atoms with Crippen LogP contribution in [0.1, 0.15) is 5.56 Å². The first kappa shape index (κ1) is 15.7. The quantitative estimate of drug-likeness (QED) is 0.384. The Bertz CT molecular complexity index is 896. The van der Waals surface area contributed by atoms with Crippen molar-refractivity contribution in [3.05, 3.63) is 51.7 Å². The maximum Gasteiger partial charge on any atom is 0.416 e. The number of aromatic nitrogens is 2. The van der Waals surface area contributed by atoms with Crippen molar-refractivity contribution >= 4 is 39.0 Å². The highest BCUT2D eigenvalue weighted by molar-refractivity contribution is 7.99. The number of alkyl halides is 3. The molecule has 2 heterocycles. The Labute approximate surface area is 135 Å². The molecule has 0 saturated carbocycles. The van der Waals surface area contributed by atoms with Crippen LogP contribution in [0.3, 0.4) is 0 Å². The van der Waals surface area contributed by atoms with E-state index in [1.165, 1.54) is 17.7 Å². The molecule has 0 unspecified atom stereocenters. The monoisotopic (exact) mass is 357 g/mol. The van der Waals surface area contributed by atoms with Crippen LogP contribution in [0.15, 0.2) is 45.9 Å². The van der Waals surface area contributed by atoms with E-state index in [9.17, 15) is 23.3 Å². The standard InChI is InChI=1S/C13H6F3N3O2S2/c14-13(15,16)7-1-2-10(9(5-7)19(20)21)23-12-8-3-4-22-11(8)17-6-18-12/h1-6H. The molecule has 5 nitrogen and oxygen atoms in total. The van der Waals surface area contributed by atoms with Gasteiger partial charge in [-0.1, -0.05) is 11.8 Å². The number of thiophene rings is 1. The summed E-state index contributed by atoms with van der Waals surface area (Å²) >= 11 is 2.32. The second-order valence-corrected chi connectivity index (χ2v) is 6.28. The van der Waals surface area contributed by atoms with E-state index in [0.29, 0.717) is 21.3 Å². The number of nitro benzene ring substituents is 1. The fourth-order valence-electron chi connectivity index (χ4n) is 1.88. The molecule has 0 amide bonds. The van der Waals surface area contributed by atoms with Crippen molar-refractivity contribution in [2.45, 2.75) is 16.1 Å². The fourth-order valence-corrected chi connectivity index (χ4v) is 3.63. The summed E-state index contributed by atoms with van der Waals surface area (Å²) in [6.07, 6.45) is -3.32. The van der Waals surface area contributed by atoms with Gasteiger partial charge in [-0.25, -0.2) is 9.97 Å². The van der Waals surface area contributed by atoms with Gasteiger partial charge in [0.15, 0.2) is 0 Å². The van der Waals surface area contributed by atoms with Crippen LogP contribution >= 0.6 is 23.1 Å². The lowest BCUT2D eigenvalue weighted by Gasteiger charge is -2.08. The first-order chi connectivity index (χ1) is 10.9. The smallest absolute Gasteiger partial charge is 0.258 e. The molecule has 0 atom stereocenters. The fraction of sp³-hybridized carbons (Fsp3) is 0.0769. The number of fused-ring (bicyclic) bond motifs is 1. The Morgan fingerprint density at radius 1 is 1.22 bits per heavy atom. The minimum atomic E-state index is -4.64. The maximum absolute atomic E-state index is 12.7. The Hall–Kier alpha value is -2.20. The molecule has 1 aromatic carbocycles. The topological polar surface area (TPSA) is 68.9 Å². The van der Waals surface area contributed by atoms with Gasteiger partial charge in [-0.15, -0.1) is 11.3 Å². The van der Waals surface area contributed by atoms with Gasteiger partial charge in [-0.05, 0) is 23.6 Å². The molecule has 3 aromatic rings. The Balaban J connectivity index is 2.06. The second kappa shape index (κ2) is 5.78. The van der Waals surface area contributed by atoms with Gasteiger partial charge in [0.2, 0.25) is 0 Å². The van der Waals surface area contributed by atoms with Gasteiger partial charge >= 0.3 is 6.18 Å². The molecule has 23 heavy (non-hydrogen) atoms. The minimum absolute atomic E-state index is 0.0919. The van der Waals surface area contributed by atoms with Gasteiger partial charge in [0.25, 0.3) is 5.69 Å². The van der Waals surface area contributed by atoms with E-state index in [-0.39, 0.29) is 4.90 Å². The van der Waals surface area contributed by atoms with Crippen LogP contribution in [0, 0.1) is 10.1 Å². The number of nitrogens with zero attached hydrogens (tertiary/aromatic N) is 3. The lowest BCUT2D eigenvalue weighted by Crippen LogP contribution is -2.05.